The van der Waals surface area contributed by atoms with Crippen molar-refractivity contribution in [3.05, 3.63) is 0 Å². The van der Waals surface area contributed by atoms with Gasteiger partial charge in [0.15, 0.2) is 0 Å². The van der Waals surface area contributed by atoms with Crippen molar-refractivity contribution in [2.24, 2.45) is 0 Å². The molecule has 58 valence electrons. The third kappa shape index (κ3) is 2.79. The van der Waals surface area contributed by atoms with Gasteiger partial charge >= 0.3 is 0 Å². The van der Waals surface area contributed by atoms with E-state index in [1.807, 2.05) is 0 Å². The first kappa shape index (κ1) is 8.86. The predicted molar refractivity (Wildman–Crippen MR) is 49.7 cm³/mol. The zero-order chi connectivity index (χ0) is 7.40. The average Bonchev–Trinajstić information content (AvgIpc) is 2.31. The number of rotatable bonds is 3. The Morgan fingerprint density at radius 2 is 2.50 bits per heavy atom. The first-order valence-electron chi connectivity index (χ1n) is 3.49. The zero-order valence-corrected chi connectivity index (χ0v) is 7.93. The molecule has 0 aromatic rings. The van der Waals surface area contributed by atoms with Gasteiger partial charge in [-0.3, -0.25) is 0 Å². The molecule has 2 unspecified atom stereocenters. The molecule has 0 radical (unpaired) electrons. The van der Waals surface area contributed by atoms with E-state index >= 15 is 0 Å². The van der Waals surface area contributed by atoms with Crippen molar-refractivity contribution in [2.45, 2.75) is 24.9 Å². The van der Waals surface area contributed by atoms with Crippen LogP contribution in [0, 0.1) is 0 Å². The lowest BCUT2D eigenvalue weighted by molar-refractivity contribution is 0.0564. The molecular weight excluding hydrogens is 166 g/mol. The summed E-state index contributed by atoms with van der Waals surface area (Å²) in [4.78, 5) is 0. The number of ether oxygens (including phenoxy) is 1. The van der Waals surface area contributed by atoms with Crippen molar-refractivity contribution in [1.29, 1.82) is 0 Å². The molecule has 1 aliphatic heterocycles. The second kappa shape index (κ2) is 4.60. The highest BCUT2D eigenvalue weighted by molar-refractivity contribution is 8.36. The van der Waals surface area contributed by atoms with E-state index in [-0.39, 0.29) is 0 Å². The van der Waals surface area contributed by atoms with Crippen LogP contribution >= 0.6 is 20.3 Å². The third-order valence-electron chi connectivity index (χ3n) is 1.65. The summed E-state index contributed by atoms with van der Waals surface area (Å²) in [6.07, 6.45) is 2.64. The molecule has 0 aromatic heterocycles. The number of hydrogen-bond donors (Lipinski definition) is 1. The number of thiol groups is 1. The second-order valence-corrected chi connectivity index (χ2v) is 3.57. The summed E-state index contributed by atoms with van der Waals surface area (Å²) in [7, 11) is 2.39. The van der Waals surface area contributed by atoms with Crippen LogP contribution in [0.2, 0.25) is 0 Å². The Balaban J connectivity index is 2.06. The van der Waals surface area contributed by atoms with Gasteiger partial charge in [0.2, 0.25) is 0 Å². The molecule has 0 saturated carbocycles. The Morgan fingerprint density at radius 3 is 3.00 bits per heavy atom. The summed E-state index contributed by atoms with van der Waals surface area (Å²) in [5.74, 6) is 0. The first-order valence-corrected chi connectivity index (χ1v) is 5.69. The molecule has 0 N–H and O–H groups in total. The quantitative estimate of drug-likeness (QED) is 0.387. The van der Waals surface area contributed by atoms with E-state index in [2.05, 4.69) is 20.1 Å². The highest BCUT2D eigenvalue weighted by Crippen LogP contribution is 2.22. The minimum atomic E-state index is 0.291. The lowest BCUT2D eigenvalue weighted by Crippen LogP contribution is -2.14. The van der Waals surface area contributed by atoms with Crippen molar-refractivity contribution in [3.63, 3.8) is 0 Å². The highest BCUT2D eigenvalue weighted by atomic mass is 32.7. The standard InChI is InChI=1S/C5H12BO2PS/c6-5-2-1-4(8-5)3-7-9-10/h4-5,9-10H,1-3,6H2/t4-,5?/m0/s1. The van der Waals surface area contributed by atoms with Crippen molar-refractivity contribution >= 4 is 28.1 Å². The van der Waals surface area contributed by atoms with Gasteiger partial charge in [-0.1, -0.05) is 0 Å². The Bertz CT molecular complexity index is 106. The summed E-state index contributed by atoms with van der Waals surface area (Å²) in [5, 5.41) is 0. The zero-order valence-electron chi connectivity index (χ0n) is 6.04. The van der Waals surface area contributed by atoms with Crippen LogP contribution in [0.4, 0.5) is 0 Å². The van der Waals surface area contributed by atoms with Gasteiger partial charge in [-0.15, -0.1) is 12.2 Å². The molecule has 1 fully saturated rings. The van der Waals surface area contributed by atoms with Gasteiger partial charge in [0.25, 0.3) is 0 Å². The lowest BCUT2D eigenvalue weighted by atomic mass is 9.97. The van der Waals surface area contributed by atoms with Gasteiger partial charge in [-0.05, 0) is 12.8 Å². The normalized spacial score (nSPS) is 34.1. The van der Waals surface area contributed by atoms with Crippen molar-refractivity contribution < 1.29 is 9.26 Å². The summed E-state index contributed by atoms with van der Waals surface area (Å²) in [6, 6.07) is 0.428. The third-order valence-corrected chi connectivity index (χ3v) is 2.34. The van der Waals surface area contributed by atoms with Crippen molar-refractivity contribution in [3.8, 4) is 0 Å². The van der Waals surface area contributed by atoms with Gasteiger partial charge in [0, 0.05) is 6.00 Å². The van der Waals surface area contributed by atoms with Gasteiger partial charge in [-0.25, -0.2) is 0 Å². The van der Waals surface area contributed by atoms with Gasteiger partial charge in [0.1, 0.15) is 7.85 Å². The Morgan fingerprint density at radius 1 is 1.70 bits per heavy atom. The Kier molecular flexibility index (Phi) is 4.08. The highest BCUT2D eigenvalue weighted by Gasteiger charge is 2.21. The minimum absolute atomic E-state index is 0.291. The van der Waals surface area contributed by atoms with E-state index in [1.165, 1.54) is 6.42 Å². The predicted octanol–water partition coefficient (Wildman–Crippen LogP) is 0.579. The maximum atomic E-state index is 5.51. The molecule has 1 heterocycles. The summed E-state index contributed by atoms with van der Waals surface area (Å²) in [6.45, 7) is 0.715. The fourth-order valence-electron chi connectivity index (χ4n) is 1.14. The molecule has 10 heavy (non-hydrogen) atoms. The molecule has 5 heteroatoms. The van der Waals surface area contributed by atoms with Crippen LogP contribution in [-0.2, 0) is 9.26 Å². The molecule has 0 spiro atoms. The Labute approximate surface area is 69.5 Å². The van der Waals surface area contributed by atoms with Gasteiger partial charge in [0.05, 0.1) is 20.7 Å². The molecule has 3 atom stereocenters. The van der Waals surface area contributed by atoms with E-state index in [0.29, 0.717) is 26.7 Å². The summed E-state index contributed by atoms with van der Waals surface area (Å²) >= 11 is 3.97. The lowest BCUT2D eigenvalue weighted by Gasteiger charge is -2.09. The molecule has 1 rings (SSSR count). The largest absolute Gasteiger partial charge is 0.382 e. The van der Waals surface area contributed by atoms with E-state index in [1.54, 1.807) is 0 Å². The molecule has 0 aromatic carbocycles. The Hall–Kier alpha value is 0.765. The maximum absolute atomic E-state index is 5.51. The molecule has 0 amide bonds. The average molecular weight is 178 g/mol. The molecule has 1 aliphatic rings. The first-order chi connectivity index (χ1) is 4.83. The van der Waals surface area contributed by atoms with Crippen LogP contribution in [0.1, 0.15) is 12.8 Å². The number of hydrogen-bond acceptors (Lipinski definition) is 3. The molecule has 2 nitrogen and oxygen atoms in total. The van der Waals surface area contributed by atoms with E-state index in [4.69, 9.17) is 9.26 Å². The monoisotopic (exact) mass is 178 g/mol. The van der Waals surface area contributed by atoms with Crippen LogP contribution < -0.4 is 0 Å². The van der Waals surface area contributed by atoms with Crippen LogP contribution in [0.5, 0.6) is 0 Å². The minimum Gasteiger partial charge on any atom is -0.382 e. The van der Waals surface area contributed by atoms with Crippen LogP contribution in [0.3, 0.4) is 0 Å². The van der Waals surface area contributed by atoms with E-state index in [9.17, 15) is 0 Å². The van der Waals surface area contributed by atoms with Gasteiger partial charge < -0.3 is 9.26 Å². The summed E-state index contributed by atoms with van der Waals surface area (Å²) in [5.41, 5.74) is 0. The maximum Gasteiger partial charge on any atom is 0.139 e. The van der Waals surface area contributed by atoms with Crippen molar-refractivity contribution in [2.75, 3.05) is 6.61 Å². The summed E-state index contributed by atoms with van der Waals surface area (Å²) < 4.78 is 10.6. The molecular formula is C5H12BO2PS. The SMILES string of the molecule is BC1CC[C@@H](COPS)O1. The van der Waals surface area contributed by atoms with Gasteiger partial charge in [-0.2, -0.15) is 0 Å². The van der Waals surface area contributed by atoms with Crippen LogP contribution in [0.15, 0.2) is 0 Å². The topological polar surface area (TPSA) is 18.5 Å². The van der Waals surface area contributed by atoms with Crippen molar-refractivity contribution in [1.82, 2.24) is 0 Å². The fourth-order valence-corrected chi connectivity index (χ4v) is 1.62. The molecule has 1 saturated heterocycles. The fraction of sp³-hybridized carbons (Fsp3) is 1.00. The van der Waals surface area contributed by atoms with Crippen LogP contribution in [-0.4, -0.2) is 26.6 Å². The smallest absolute Gasteiger partial charge is 0.139 e. The molecule has 0 aliphatic carbocycles. The second-order valence-electron chi connectivity index (χ2n) is 2.55. The van der Waals surface area contributed by atoms with E-state index < -0.39 is 0 Å². The molecule has 0 bridgehead atoms. The van der Waals surface area contributed by atoms with E-state index in [0.717, 1.165) is 6.42 Å². The van der Waals surface area contributed by atoms with Crippen LogP contribution in [0.25, 0.3) is 0 Å².